The number of hydrogen-bond donors (Lipinski definition) is 8. The Morgan fingerprint density at radius 2 is 1.36 bits per heavy atom. The van der Waals surface area contributed by atoms with Crippen molar-refractivity contribution in [1.29, 1.82) is 0 Å². The maximum Gasteiger partial charge on any atom is 0.317 e. The third-order valence-corrected chi connectivity index (χ3v) is 17.3. The maximum absolute atomic E-state index is 13.9. The lowest BCUT2D eigenvalue weighted by atomic mass is 9.49. The minimum atomic E-state index is -1.14. The molecule has 4 aromatic rings. The molecule has 2 bridgehead atoms. The molecule has 21 heteroatoms. The van der Waals surface area contributed by atoms with Gasteiger partial charge in [0.15, 0.2) is 17.6 Å². The molecule has 3 aliphatic carbocycles. The van der Waals surface area contributed by atoms with Gasteiger partial charge in [-0.25, -0.2) is 0 Å². The van der Waals surface area contributed by atoms with Gasteiger partial charge >= 0.3 is 23.9 Å². The van der Waals surface area contributed by atoms with Crippen molar-refractivity contribution < 1.29 is 64.1 Å². The first-order chi connectivity index (χ1) is 37.5. The molecule has 10 rings (SSSR count). The van der Waals surface area contributed by atoms with E-state index in [4.69, 9.17) is 4.74 Å². The van der Waals surface area contributed by atoms with Crippen LogP contribution in [0.5, 0.6) is 11.5 Å². The van der Waals surface area contributed by atoms with Gasteiger partial charge in [0.25, 0.3) is 0 Å². The van der Waals surface area contributed by atoms with E-state index < -0.39 is 47.0 Å². The Morgan fingerprint density at radius 1 is 0.692 bits per heavy atom. The normalized spacial score (nSPS) is 24.8. The number of anilines is 1. The Hall–Kier alpha value is -6.62. The highest BCUT2D eigenvalue weighted by atomic mass is 16.5. The molecule has 8 N–H and O–H groups in total. The molecule has 3 aromatic carbocycles. The van der Waals surface area contributed by atoms with Crippen molar-refractivity contribution in [2.45, 2.75) is 100.0 Å². The summed E-state index contributed by atoms with van der Waals surface area (Å²) in [6.45, 7) is 2.16. The van der Waals surface area contributed by atoms with Crippen LogP contribution in [0.4, 0.5) is 5.69 Å². The largest absolute Gasteiger partial charge is 0.504 e. The molecule has 1 saturated carbocycles. The molecule has 5 atom stereocenters. The summed E-state index contributed by atoms with van der Waals surface area (Å²) < 4.78 is 8.95. The van der Waals surface area contributed by atoms with E-state index in [-0.39, 0.29) is 109 Å². The lowest BCUT2D eigenvalue weighted by Gasteiger charge is -2.63. The fraction of sp³-hybridized carbons (Fsp3) is 0.544. The molecule has 0 radical (unpaired) electrons. The predicted molar refractivity (Wildman–Crippen MR) is 286 cm³/mol. The third kappa shape index (κ3) is 11.4. The van der Waals surface area contributed by atoms with E-state index in [1.165, 1.54) is 12.8 Å². The first kappa shape index (κ1) is 54.7. The summed E-state index contributed by atoms with van der Waals surface area (Å²) in [5.41, 5.74) is 4.24. The number of likely N-dealkylation sites (tertiary alicyclic amines) is 1. The second kappa shape index (κ2) is 23.0. The number of aliphatic carboxylic acids is 4. The second-order valence-electron chi connectivity index (χ2n) is 22.5. The molecule has 1 aromatic heterocycles. The van der Waals surface area contributed by atoms with Gasteiger partial charge < -0.3 is 50.6 Å². The lowest BCUT2D eigenvalue weighted by molar-refractivity contribution is -0.173. The van der Waals surface area contributed by atoms with Gasteiger partial charge in [0.05, 0.1) is 42.9 Å². The minimum absolute atomic E-state index is 0.0463. The number of piperidine rings is 1. The van der Waals surface area contributed by atoms with Crippen LogP contribution in [0.15, 0.2) is 60.7 Å². The third-order valence-electron chi connectivity index (χ3n) is 17.3. The Bertz CT molecular complexity index is 2930. The highest BCUT2D eigenvalue weighted by Gasteiger charge is 2.73. The summed E-state index contributed by atoms with van der Waals surface area (Å²) in [5.74, 6) is -3.51. The van der Waals surface area contributed by atoms with Gasteiger partial charge in [-0.3, -0.25) is 53.3 Å². The zero-order chi connectivity index (χ0) is 54.9. The number of nitrogens with one attached hydrogen (secondary N) is 2. The van der Waals surface area contributed by atoms with Crippen LogP contribution in [0.3, 0.4) is 0 Å². The number of nitrogens with zero attached hydrogens (tertiary/aromatic N) is 6. The zero-order valence-corrected chi connectivity index (χ0v) is 44.0. The van der Waals surface area contributed by atoms with Gasteiger partial charge in [-0.1, -0.05) is 42.8 Å². The van der Waals surface area contributed by atoms with Crippen molar-refractivity contribution in [2.24, 2.45) is 5.92 Å². The number of rotatable bonds is 21. The number of aromatic hydroxyl groups is 1. The van der Waals surface area contributed by atoms with Gasteiger partial charge in [0.1, 0.15) is 6.54 Å². The number of aliphatic hydroxyl groups is 1. The highest BCUT2D eigenvalue weighted by Crippen LogP contribution is 2.69. The second-order valence-corrected chi connectivity index (χ2v) is 22.5. The number of amides is 2. The highest BCUT2D eigenvalue weighted by molar-refractivity contribution is 5.91. The van der Waals surface area contributed by atoms with Crippen LogP contribution in [-0.4, -0.2) is 205 Å². The Balaban J connectivity index is 0.741. The summed E-state index contributed by atoms with van der Waals surface area (Å²) in [4.78, 5) is 83.8. The minimum Gasteiger partial charge on any atom is -0.504 e. The van der Waals surface area contributed by atoms with E-state index >= 15 is 0 Å². The van der Waals surface area contributed by atoms with Crippen molar-refractivity contribution in [1.82, 2.24) is 34.4 Å². The summed E-state index contributed by atoms with van der Waals surface area (Å²) in [6, 6.07) is 18.2. The molecular formula is C57H72N8O13. The van der Waals surface area contributed by atoms with Crippen molar-refractivity contribution in [3.8, 4) is 11.5 Å². The molecule has 418 valence electrons. The fourth-order valence-corrected chi connectivity index (χ4v) is 13.6. The summed E-state index contributed by atoms with van der Waals surface area (Å²) in [6.07, 6.45) is 6.10. The van der Waals surface area contributed by atoms with E-state index in [0.717, 1.165) is 51.9 Å². The number of ether oxygens (including phenoxy) is 1. The standard InChI is InChI=1S/C57H72N8O13/c66-44-16-13-38-27-45-57(77)28-42-41-6-3-4-7-43(41)65(53(42)55-56(57,52(38)54(44)78-55)17-19-64(45)29-37-9-10-37)31-47(68)58-18-5-1-2-8-46(67)59-39-14-11-36(12-15-39)26-40-30-62(34-50(73)74)23-22-60(32-48(69)70)20-21-61(33-49(71)72)24-25-63(40)35-51(75)76/h3-4,6-7,11-16,37,40,45,55,66,77H,1-2,5,8-10,17-35H2,(H,58,68)(H,59,67)(H,69,70)(H,71,72)(H,73,74)(H,75,76)/t40?,45-,55+,56+,57-/m1/s1. The lowest BCUT2D eigenvalue weighted by Crippen LogP contribution is -2.74. The maximum atomic E-state index is 13.9. The molecular weight excluding hydrogens is 1000 g/mol. The average molecular weight is 1080 g/mol. The van der Waals surface area contributed by atoms with Gasteiger partial charge in [0.2, 0.25) is 11.8 Å². The predicted octanol–water partition coefficient (Wildman–Crippen LogP) is 2.83. The summed E-state index contributed by atoms with van der Waals surface area (Å²) >= 11 is 0. The van der Waals surface area contributed by atoms with E-state index in [1.54, 1.807) is 37.8 Å². The smallest absolute Gasteiger partial charge is 0.317 e. The molecule has 3 aliphatic heterocycles. The number of aromatic nitrogens is 1. The van der Waals surface area contributed by atoms with Crippen molar-refractivity contribution >= 4 is 52.3 Å². The number of carbonyl (C=O) groups excluding carboxylic acids is 2. The first-order valence-electron chi connectivity index (χ1n) is 27.5. The molecule has 78 heavy (non-hydrogen) atoms. The van der Waals surface area contributed by atoms with Crippen molar-refractivity contribution in [3.63, 3.8) is 0 Å². The van der Waals surface area contributed by atoms with Crippen LogP contribution in [0, 0.1) is 5.92 Å². The molecule has 21 nitrogen and oxygen atoms in total. The van der Waals surface area contributed by atoms with Gasteiger partial charge in [0, 0.05) is 106 Å². The van der Waals surface area contributed by atoms with Crippen LogP contribution >= 0.6 is 0 Å². The number of para-hydroxylation sites is 1. The van der Waals surface area contributed by atoms with Crippen LogP contribution in [-0.2, 0) is 60.0 Å². The van der Waals surface area contributed by atoms with Crippen LogP contribution in [0.2, 0.25) is 0 Å². The number of unbranched alkanes of at least 4 members (excludes halogenated alkanes) is 2. The number of phenols is 1. The van der Waals surface area contributed by atoms with Gasteiger partial charge in [-0.15, -0.1) is 0 Å². The molecule has 2 saturated heterocycles. The number of benzene rings is 3. The number of hydrogen-bond acceptors (Lipinski definition) is 14. The van der Waals surface area contributed by atoms with Gasteiger partial charge in [-0.2, -0.15) is 0 Å². The topological polar surface area (TPSA) is 278 Å². The number of carboxylic acid groups (broad SMARTS) is 4. The van der Waals surface area contributed by atoms with Crippen LogP contribution in [0.1, 0.15) is 79.0 Å². The number of carbonyl (C=O) groups is 6. The zero-order valence-electron chi connectivity index (χ0n) is 44.0. The summed E-state index contributed by atoms with van der Waals surface area (Å²) in [5, 5.41) is 70.5. The van der Waals surface area contributed by atoms with E-state index in [2.05, 4.69) is 26.2 Å². The number of fused-ring (bicyclic) bond motifs is 4. The van der Waals surface area contributed by atoms with Gasteiger partial charge in [-0.05, 0) is 98.4 Å². The van der Waals surface area contributed by atoms with Crippen molar-refractivity contribution in [3.05, 3.63) is 88.6 Å². The van der Waals surface area contributed by atoms with E-state index in [9.17, 15) is 59.4 Å². The molecule has 4 heterocycles. The molecule has 1 spiro atoms. The quantitative estimate of drug-likeness (QED) is 0.0557. The van der Waals surface area contributed by atoms with Crippen LogP contribution in [0.25, 0.3) is 10.9 Å². The fourth-order valence-electron chi connectivity index (χ4n) is 13.6. The first-order valence-corrected chi connectivity index (χ1v) is 27.5. The molecule has 1 unspecified atom stereocenters. The average Bonchev–Trinajstić information content (AvgIpc) is 2.09. The van der Waals surface area contributed by atoms with Crippen molar-refractivity contribution in [2.75, 3.05) is 96.9 Å². The Kier molecular flexibility index (Phi) is 16.1. The monoisotopic (exact) mass is 1080 g/mol. The van der Waals surface area contributed by atoms with E-state index in [0.29, 0.717) is 68.8 Å². The van der Waals surface area contributed by atoms with E-state index in [1.807, 2.05) is 36.4 Å². The Morgan fingerprint density at radius 3 is 2.05 bits per heavy atom. The SMILES string of the molecule is O=C(O)CN1CCN(CC(=O)O)CCN(CC(=O)O)C(Cc2ccc(NC(=O)CCCCCNC(=O)Cn3c4c(c5ccccc53)C[C@@]3(O)[C@H]5Cc6ccc(O)c7c6[C@@]3(CCN5CC3CC3)[C@H]4O7)cc2)CN(CC(=O)O)CC1. The molecule has 6 aliphatic rings. The van der Waals surface area contributed by atoms with Crippen LogP contribution < -0.4 is 15.4 Å². The number of carboxylic acids is 4. The molecule has 3 fully saturated rings. The summed E-state index contributed by atoms with van der Waals surface area (Å²) in [7, 11) is 0. The Labute approximate surface area is 452 Å². The molecule has 2 amide bonds. The number of phenolic OH excluding ortho intramolecular Hbond substituents is 1.